The van der Waals surface area contributed by atoms with E-state index < -0.39 is 0 Å². The van der Waals surface area contributed by atoms with Gasteiger partial charge in [0, 0.05) is 19.1 Å². The van der Waals surface area contributed by atoms with Gasteiger partial charge in [-0.15, -0.1) is 0 Å². The highest BCUT2D eigenvalue weighted by Crippen LogP contribution is 2.62. The Morgan fingerprint density at radius 1 is 1.29 bits per heavy atom. The second kappa shape index (κ2) is 3.54. The SMILES string of the molecule is CC1(C)C(NC(=O)CCCO)C1(C)C. The molecule has 0 aliphatic heterocycles. The molecule has 1 aliphatic carbocycles. The Balaban J connectivity index is 2.37. The fraction of sp³-hybridized carbons (Fsp3) is 0.909. The molecule has 1 saturated carbocycles. The fourth-order valence-corrected chi connectivity index (χ4v) is 2.03. The minimum Gasteiger partial charge on any atom is -0.396 e. The molecule has 1 rings (SSSR count). The molecule has 0 spiro atoms. The smallest absolute Gasteiger partial charge is 0.220 e. The van der Waals surface area contributed by atoms with Crippen molar-refractivity contribution in [3.05, 3.63) is 0 Å². The van der Waals surface area contributed by atoms with Crippen molar-refractivity contribution in [1.29, 1.82) is 0 Å². The molecule has 3 heteroatoms. The van der Waals surface area contributed by atoms with Crippen LogP contribution in [0.25, 0.3) is 0 Å². The number of hydrogen-bond acceptors (Lipinski definition) is 2. The molecule has 2 N–H and O–H groups in total. The third-order valence-electron chi connectivity index (χ3n) is 3.89. The summed E-state index contributed by atoms with van der Waals surface area (Å²) in [6.45, 7) is 8.77. The quantitative estimate of drug-likeness (QED) is 0.717. The third-order valence-corrected chi connectivity index (χ3v) is 3.89. The Labute approximate surface area is 85.9 Å². The van der Waals surface area contributed by atoms with Crippen molar-refractivity contribution in [3.8, 4) is 0 Å². The van der Waals surface area contributed by atoms with Crippen LogP contribution in [0.4, 0.5) is 0 Å². The first-order valence-electron chi connectivity index (χ1n) is 5.24. The first kappa shape index (κ1) is 11.5. The zero-order valence-electron chi connectivity index (χ0n) is 9.55. The zero-order chi connectivity index (χ0) is 11.0. The summed E-state index contributed by atoms with van der Waals surface area (Å²) in [5.41, 5.74) is 0.393. The molecule has 0 bridgehead atoms. The molecule has 1 aliphatic rings. The van der Waals surface area contributed by atoms with Gasteiger partial charge in [-0.05, 0) is 17.3 Å². The van der Waals surface area contributed by atoms with Gasteiger partial charge in [-0.3, -0.25) is 4.79 Å². The second-order valence-electron chi connectivity index (χ2n) is 5.27. The molecule has 0 radical (unpaired) electrons. The number of carbonyl (C=O) groups is 1. The maximum absolute atomic E-state index is 11.4. The van der Waals surface area contributed by atoms with Crippen LogP contribution in [0.1, 0.15) is 40.5 Å². The van der Waals surface area contributed by atoms with Crippen LogP contribution in [-0.2, 0) is 4.79 Å². The van der Waals surface area contributed by atoms with E-state index in [1.54, 1.807) is 0 Å². The number of rotatable bonds is 4. The van der Waals surface area contributed by atoms with Crippen LogP contribution in [-0.4, -0.2) is 23.7 Å². The van der Waals surface area contributed by atoms with Crippen molar-refractivity contribution in [3.63, 3.8) is 0 Å². The van der Waals surface area contributed by atoms with Crippen molar-refractivity contribution < 1.29 is 9.90 Å². The average molecular weight is 199 g/mol. The van der Waals surface area contributed by atoms with Gasteiger partial charge in [0.2, 0.25) is 5.91 Å². The highest BCUT2D eigenvalue weighted by Gasteiger charge is 2.65. The monoisotopic (exact) mass is 199 g/mol. The van der Waals surface area contributed by atoms with Crippen LogP contribution in [0, 0.1) is 10.8 Å². The number of aliphatic hydroxyl groups is 1. The van der Waals surface area contributed by atoms with Gasteiger partial charge in [0.15, 0.2) is 0 Å². The van der Waals surface area contributed by atoms with Gasteiger partial charge in [0.05, 0.1) is 0 Å². The molecule has 0 atom stereocenters. The molecule has 0 aromatic carbocycles. The van der Waals surface area contributed by atoms with Crippen molar-refractivity contribution in [1.82, 2.24) is 5.32 Å². The Bertz CT molecular complexity index is 219. The summed E-state index contributed by atoms with van der Waals surface area (Å²) in [7, 11) is 0. The number of nitrogens with one attached hydrogen (secondary N) is 1. The van der Waals surface area contributed by atoms with E-state index in [0.717, 1.165) is 0 Å². The third kappa shape index (κ3) is 1.78. The van der Waals surface area contributed by atoms with Crippen LogP contribution in [0.3, 0.4) is 0 Å². The van der Waals surface area contributed by atoms with E-state index >= 15 is 0 Å². The van der Waals surface area contributed by atoms with Crippen molar-refractivity contribution in [2.45, 2.75) is 46.6 Å². The standard InChI is InChI=1S/C11H21NO2/c1-10(2)9(11(10,3)4)12-8(14)6-5-7-13/h9,13H,5-7H2,1-4H3,(H,12,14). The molecule has 3 nitrogen and oxygen atoms in total. The molecular formula is C11H21NO2. The van der Waals surface area contributed by atoms with E-state index in [2.05, 4.69) is 33.0 Å². The molecule has 14 heavy (non-hydrogen) atoms. The average Bonchev–Trinajstić information content (AvgIpc) is 2.44. The lowest BCUT2D eigenvalue weighted by molar-refractivity contribution is -0.121. The van der Waals surface area contributed by atoms with Gasteiger partial charge in [-0.1, -0.05) is 27.7 Å². The van der Waals surface area contributed by atoms with E-state index in [9.17, 15) is 4.79 Å². The lowest BCUT2D eigenvalue weighted by atomic mass is 10.0. The van der Waals surface area contributed by atoms with Gasteiger partial charge >= 0.3 is 0 Å². The van der Waals surface area contributed by atoms with E-state index in [4.69, 9.17) is 5.11 Å². The minimum atomic E-state index is 0.0581. The summed E-state index contributed by atoms with van der Waals surface area (Å²) in [5, 5.41) is 11.6. The van der Waals surface area contributed by atoms with E-state index in [1.807, 2.05) is 0 Å². The van der Waals surface area contributed by atoms with Crippen LogP contribution < -0.4 is 5.32 Å². The van der Waals surface area contributed by atoms with Crippen LogP contribution in [0.2, 0.25) is 0 Å². The lowest BCUT2D eigenvalue weighted by Gasteiger charge is -2.05. The van der Waals surface area contributed by atoms with Crippen LogP contribution in [0.15, 0.2) is 0 Å². The number of carbonyl (C=O) groups excluding carboxylic acids is 1. The summed E-state index contributed by atoms with van der Waals surface area (Å²) in [6.07, 6.45) is 0.985. The van der Waals surface area contributed by atoms with Gasteiger partial charge < -0.3 is 10.4 Å². The molecule has 0 aromatic rings. The second-order valence-corrected chi connectivity index (χ2v) is 5.27. The molecule has 0 unspecified atom stereocenters. The van der Waals surface area contributed by atoms with Gasteiger partial charge in [0.25, 0.3) is 0 Å². The number of aliphatic hydroxyl groups excluding tert-OH is 1. The maximum Gasteiger partial charge on any atom is 0.220 e. The fourth-order valence-electron chi connectivity index (χ4n) is 2.03. The van der Waals surface area contributed by atoms with Crippen LogP contribution >= 0.6 is 0 Å². The molecular weight excluding hydrogens is 178 g/mol. The minimum absolute atomic E-state index is 0.0581. The largest absolute Gasteiger partial charge is 0.396 e. The van der Waals surface area contributed by atoms with Crippen molar-refractivity contribution >= 4 is 5.91 Å². The summed E-state index contributed by atoms with van der Waals surface area (Å²) >= 11 is 0. The Morgan fingerprint density at radius 3 is 2.14 bits per heavy atom. The van der Waals surface area contributed by atoms with E-state index in [1.165, 1.54) is 0 Å². The van der Waals surface area contributed by atoms with Crippen LogP contribution in [0.5, 0.6) is 0 Å². The number of hydrogen-bond donors (Lipinski definition) is 2. The Morgan fingerprint density at radius 2 is 1.79 bits per heavy atom. The Hall–Kier alpha value is -0.570. The Kier molecular flexibility index (Phi) is 2.91. The first-order valence-corrected chi connectivity index (χ1v) is 5.24. The summed E-state index contributed by atoms with van der Waals surface area (Å²) in [5.74, 6) is 0.0581. The molecule has 0 aromatic heterocycles. The predicted octanol–water partition coefficient (Wildman–Crippen LogP) is 1.31. The molecule has 1 fully saturated rings. The summed E-state index contributed by atoms with van der Waals surface area (Å²) in [6, 6.07) is 0.279. The van der Waals surface area contributed by atoms with Gasteiger partial charge in [-0.2, -0.15) is 0 Å². The van der Waals surface area contributed by atoms with E-state index in [0.29, 0.717) is 12.8 Å². The van der Waals surface area contributed by atoms with Crippen molar-refractivity contribution in [2.24, 2.45) is 10.8 Å². The van der Waals surface area contributed by atoms with E-state index in [-0.39, 0.29) is 29.4 Å². The molecule has 82 valence electrons. The highest BCUT2D eigenvalue weighted by molar-refractivity contribution is 5.77. The van der Waals surface area contributed by atoms with Gasteiger partial charge in [0.1, 0.15) is 0 Å². The molecule has 0 saturated heterocycles. The topological polar surface area (TPSA) is 49.3 Å². The molecule has 0 heterocycles. The highest BCUT2D eigenvalue weighted by atomic mass is 16.3. The zero-order valence-corrected chi connectivity index (χ0v) is 9.55. The predicted molar refractivity (Wildman–Crippen MR) is 55.8 cm³/mol. The first-order chi connectivity index (χ1) is 6.34. The normalized spacial score (nSPS) is 23.2. The molecule has 1 amide bonds. The van der Waals surface area contributed by atoms with Gasteiger partial charge in [-0.25, -0.2) is 0 Å². The summed E-state index contributed by atoms with van der Waals surface area (Å²) in [4.78, 5) is 11.4. The lowest BCUT2D eigenvalue weighted by Crippen LogP contribution is -2.29. The maximum atomic E-state index is 11.4. The van der Waals surface area contributed by atoms with Crippen molar-refractivity contribution in [2.75, 3.05) is 6.61 Å². The number of amides is 1. The summed E-state index contributed by atoms with van der Waals surface area (Å²) < 4.78 is 0.